The molecule has 8 heteroatoms. The van der Waals surface area contributed by atoms with Gasteiger partial charge in [-0.2, -0.15) is 0 Å². The fraction of sp³-hybridized carbons (Fsp3) is 0.286. The number of hydrogen-bond donors (Lipinski definition) is 3. The Labute approximate surface area is 183 Å². The first-order valence-corrected chi connectivity index (χ1v) is 10.1. The van der Waals surface area contributed by atoms with E-state index in [-0.39, 0.29) is 18.4 Å². The van der Waals surface area contributed by atoms with Crippen molar-refractivity contribution in [3.8, 4) is 0 Å². The van der Waals surface area contributed by atoms with Crippen molar-refractivity contribution in [2.75, 3.05) is 11.9 Å². The van der Waals surface area contributed by atoms with Crippen molar-refractivity contribution in [2.24, 2.45) is 0 Å². The summed E-state index contributed by atoms with van der Waals surface area (Å²) >= 11 is 2.12. The zero-order valence-electron chi connectivity index (χ0n) is 16.5. The van der Waals surface area contributed by atoms with Gasteiger partial charge in [-0.1, -0.05) is 24.3 Å². The van der Waals surface area contributed by atoms with Gasteiger partial charge in [-0.25, -0.2) is 4.79 Å². The Balaban J connectivity index is 1.79. The maximum atomic E-state index is 12.3. The van der Waals surface area contributed by atoms with Crippen LogP contribution in [0, 0.1) is 3.57 Å². The second-order valence-electron chi connectivity index (χ2n) is 7.26. The molecule has 0 spiro atoms. The summed E-state index contributed by atoms with van der Waals surface area (Å²) in [5.74, 6) is -0.504. The average molecular weight is 509 g/mol. The summed E-state index contributed by atoms with van der Waals surface area (Å²) in [4.78, 5) is 35.7. The van der Waals surface area contributed by atoms with Gasteiger partial charge >= 0.3 is 6.09 Å². The average Bonchev–Trinajstić information content (AvgIpc) is 2.64. The van der Waals surface area contributed by atoms with Crippen molar-refractivity contribution in [1.29, 1.82) is 0 Å². The zero-order valence-corrected chi connectivity index (χ0v) is 18.7. The Bertz CT molecular complexity index is 876. The first kappa shape index (κ1) is 22.7. The van der Waals surface area contributed by atoms with Crippen LogP contribution < -0.4 is 16.0 Å². The zero-order chi connectivity index (χ0) is 21.4. The van der Waals surface area contributed by atoms with E-state index in [9.17, 15) is 14.4 Å². The predicted octanol–water partition coefficient (Wildman–Crippen LogP) is 3.68. The summed E-state index contributed by atoms with van der Waals surface area (Å²) < 4.78 is 5.95. The molecule has 2 aromatic rings. The minimum atomic E-state index is -0.638. The molecule has 7 nitrogen and oxygen atoms in total. The lowest BCUT2D eigenvalue weighted by molar-refractivity contribution is -0.120. The molecule has 0 unspecified atom stereocenters. The van der Waals surface area contributed by atoms with E-state index in [1.807, 2.05) is 30.3 Å². The van der Waals surface area contributed by atoms with Crippen LogP contribution in [0.2, 0.25) is 0 Å². The predicted molar refractivity (Wildman–Crippen MR) is 120 cm³/mol. The number of halogens is 1. The van der Waals surface area contributed by atoms with E-state index in [2.05, 4.69) is 38.5 Å². The summed E-state index contributed by atoms with van der Waals surface area (Å²) in [5, 5.41) is 7.97. The number of carbonyl (C=O) groups is 3. The van der Waals surface area contributed by atoms with Crippen LogP contribution in [-0.2, 0) is 16.1 Å². The molecule has 0 bridgehead atoms. The first-order valence-electron chi connectivity index (χ1n) is 9.02. The van der Waals surface area contributed by atoms with Gasteiger partial charge in [0.1, 0.15) is 12.1 Å². The molecule has 0 fully saturated rings. The molecule has 0 atom stereocenters. The summed E-state index contributed by atoms with van der Waals surface area (Å²) in [5.41, 5.74) is 1.53. The van der Waals surface area contributed by atoms with Crippen LogP contribution in [0.4, 0.5) is 10.5 Å². The molecule has 0 saturated carbocycles. The Kier molecular flexibility index (Phi) is 8.00. The van der Waals surface area contributed by atoms with Crippen LogP contribution in [-0.4, -0.2) is 30.1 Å². The number of rotatable bonds is 6. The molecule has 0 aromatic heterocycles. The summed E-state index contributed by atoms with van der Waals surface area (Å²) in [6.45, 7) is 5.39. The van der Waals surface area contributed by atoms with E-state index < -0.39 is 11.7 Å². The molecule has 0 aliphatic rings. The maximum Gasteiger partial charge on any atom is 0.408 e. The maximum absolute atomic E-state index is 12.3. The molecule has 3 amide bonds. The van der Waals surface area contributed by atoms with Gasteiger partial charge in [-0.3, -0.25) is 9.59 Å². The number of benzene rings is 2. The molecule has 0 saturated heterocycles. The van der Waals surface area contributed by atoms with Crippen LogP contribution >= 0.6 is 22.6 Å². The number of anilines is 1. The normalized spacial score (nSPS) is 10.8. The number of carbonyl (C=O) groups excluding carboxylic acids is 3. The number of amides is 3. The molecule has 2 aromatic carbocycles. The molecular formula is C21H24IN3O4. The van der Waals surface area contributed by atoms with Crippen LogP contribution in [0.5, 0.6) is 0 Å². The highest BCUT2D eigenvalue weighted by molar-refractivity contribution is 14.1. The third-order valence-electron chi connectivity index (χ3n) is 3.61. The van der Waals surface area contributed by atoms with Crippen LogP contribution in [0.15, 0.2) is 48.5 Å². The van der Waals surface area contributed by atoms with E-state index in [1.165, 1.54) is 0 Å². The second-order valence-corrected chi connectivity index (χ2v) is 8.43. The van der Waals surface area contributed by atoms with Crippen LogP contribution in [0.3, 0.4) is 0 Å². The standard InChI is InChI=1S/C21H24IN3O4/c1-21(2,3)29-20(28)24-13-18(26)23-12-14-8-10-15(11-9-14)25-19(27)16-6-4-5-7-17(16)22/h4-11H,12-13H2,1-3H3,(H,23,26)(H,24,28)(H,25,27). The highest BCUT2D eigenvalue weighted by Crippen LogP contribution is 2.15. The van der Waals surface area contributed by atoms with Gasteiger partial charge < -0.3 is 20.7 Å². The van der Waals surface area contributed by atoms with Gasteiger partial charge in [0.25, 0.3) is 5.91 Å². The molecule has 0 aliphatic heterocycles. The van der Waals surface area contributed by atoms with Gasteiger partial charge in [-0.15, -0.1) is 0 Å². The van der Waals surface area contributed by atoms with E-state index in [1.54, 1.807) is 39.0 Å². The summed E-state index contributed by atoms with van der Waals surface area (Å²) in [7, 11) is 0. The number of nitrogens with one attached hydrogen (secondary N) is 3. The lowest BCUT2D eigenvalue weighted by atomic mass is 10.2. The van der Waals surface area contributed by atoms with Crippen molar-refractivity contribution < 1.29 is 19.1 Å². The van der Waals surface area contributed by atoms with E-state index in [0.717, 1.165) is 9.13 Å². The largest absolute Gasteiger partial charge is 0.444 e. The second kappa shape index (κ2) is 10.2. The molecule has 0 heterocycles. The monoisotopic (exact) mass is 509 g/mol. The minimum absolute atomic E-state index is 0.168. The highest BCUT2D eigenvalue weighted by atomic mass is 127. The third kappa shape index (κ3) is 8.10. The molecule has 154 valence electrons. The summed E-state index contributed by atoms with van der Waals surface area (Å²) in [6.07, 6.45) is -0.638. The lowest BCUT2D eigenvalue weighted by Gasteiger charge is -2.19. The Morgan fingerprint density at radius 1 is 0.966 bits per heavy atom. The van der Waals surface area contributed by atoms with Gasteiger partial charge in [0, 0.05) is 15.8 Å². The number of ether oxygens (including phenoxy) is 1. The Hall–Kier alpha value is -2.62. The third-order valence-corrected chi connectivity index (χ3v) is 4.55. The van der Waals surface area contributed by atoms with E-state index in [0.29, 0.717) is 17.8 Å². The first-order chi connectivity index (χ1) is 13.6. The molecule has 0 radical (unpaired) electrons. The van der Waals surface area contributed by atoms with Gasteiger partial charge in [0.05, 0.1) is 5.56 Å². The van der Waals surface area contributed by atoms with Crippen LogP contribution in [0.25, 0.3) is 0 Å². The molecule has 2 rings (SSSR count). The fourth-order valence-electron chi connectivity index (χ4n) is 2.28. The molecule has 0 aliphatic carbocycles. The van der Waals surface area contributed by atoms with Gasteiger partial charge in [-0.05, 0) is 73.2 Å². The highest BCUT2D eigenvalue weighted by Gasteiger charge is 2.16. The van der Waals surface area contributed by atoms with Crippen molar-refractivity contribution in [3.05, 3.63) is 63.2 Å². The SMILES string of the molecule is CC(C)(C)OC(=O)NCC(=O)NCc1ccc(NC(=O)c2ccccc2I)cc1. The smallest absolute Gasteiger partial charge is 0.408 e. The van der Waals surface area contributed by atoms with Crippen molar-refractivity contribution >= 4 is 46.2 Å². The van der Waals surface area contributed by atoms with E-state index >= 15 is 0 Å². The molecule has 29 heavy (non-hydrogen) atoms. The topological polar surface area (TPSA) is 96.5 Å². The molecular weight excluding hydrogens is 485 g/mol. The van der Waals surface area contributed by atoms with Crippen molar-refractivity contribution in [1.82, 2.24) is 10.6 Å². The number of hydrogen-bond acceptors (Lipinski definition) is 4. The van der Waals surface area contributed by atoms with Crippen molar-refractivity contribution in [3.63, 3.8) is 0 Å². The van der Waals surface area contributed by atoms with Crippen LogP contribution in [0.1, 0.15) is 36.7 Å². The summed E-state index contributed by atoms with van der Waals surface area (Å²) in [6, 6.07) is 14.5. The fourth-order valence-corrected chi connectivity index (χ4v) is 2.91. The molecule has 3 N–H and O–H groups in total. The van der Waals surface area contributed by atoms with Gasteiger partial charge in [0.2, 0.25) is 5.91 Å². The lowest BCUT2D eigenvalue weighted by Crippen LogP contribution is -2.39. The van der Waals surface area contributed by atoms with Gasteiger partial charge in [0.15, 0.2) is 0 Å². The quantitative estimate of drug-likeness (QED) is 0.518. The van der Waals surface area contributed by atoms with Crippen molar-refractivity contribution in [2.45, 2.75) is 32.9 Å². The Morgan fingerprint density at radius 2 is 1.62 bits per heavy atom. The minimum Gasteiger partial charge on any atom is -0.444 e. The van der Waals surface area contributed by atoms with E-state index in [4.69, 9.17) is 4.74 Å². The Morgan fingerprint density at radius 3 is 2.24 bits per heavy atom. The number of alkyl carbamates (subject to hydrolysis) is 1.